The summed E-state index contributed by atoms with van der Waals surface area (Å²) in [7, 11) is 0. The maximum absolute atomic E-state index is 11.3. The van der Waals surface area contributed by atoms with E-state index in [1.807, 2.05) is 4.90 Å². The van der Waals surface area contributed by atoms with Gasteiger partial charge in [0, 0.05) is 24.0 Å². The van der Waals surface area contributed by atoms with Crippen LogP contribution in [-0.2, 0) is 0 Å². The molecule has 8 nitrogen and oxygen atoms in total. The largest absolute Gasteiger partial charge is 0.394 e. The first-order valence-corrected chi connectivity index (χ1v) is 7.17. The molecule has 1 aliphatic heterocycles. The van der Waals surface area contributed by atoms with Gasteiger partial charge in [0.05, 0.1) is 6.61 Å². The van der Waals surface area contributed by atoms with Crippen LogP contribution in [-0.4, -0.2) is 44.6 Å². The van der Waals surface area contributed by atoms with Gasteiger partial charge in [-0.1, -0.05) is 11.3 Å². The molecule has 9 heteroatoms. The molecule has 3 rings (SSSR count). The summed E-state index contributed by atoms with van der Waals surface area (Å²) in [6.45, 7) is 1.05. The minimum atomic E-state index is -0.581. The Kier molecular flexibility index (Phi) is 3.11. The van der Waals surface area contributed by atoms with Gasteiger partial charge in [-0.2, -0.15) is 9.38 Å². The maximum atomic E-state index is 11.3. The SMILES string of the molecule is NC1(CO)CCN(c2nc3sccn3c2[N+](=O)[O-])CC1. The van der Waals surface area contributed by atoms with E-state index >= 15 is 0 Å². The lowest BCUT2D eigenvalue weighted by Gasteiger charge is -2.37. The first kappa shape index (κ1) is 13.3. The van der Waals surface area contributed by atoms with Crippen LogP contribution in [0.15, 0.2) is 11.6 Å². The van der Waals surface area contributed by atoms with Crippen molar-refractivity contribution in [2.45, 2.75) is 18.4 Å². The Hall–Kier alpha value is -1.71. The predicted octanol–water partition coefficient (Wildman–Crippen LogP) is 0.594. The zero-order valence-corrected chi connectivity index (χ0v) is 11.5. The van der Waals surface area contributed by atoms with E-state index in [2.05, 4.69) is 4.98 Å². The monoisotopic (exact) mass is 297 g/mol. The molecular formula is C11H15N5O3S. The van der Waals surface area contributed by atoms with Crippen LogP contribution in [0, 0.1) is 10.1 Å². The summed E-state index contributed by atoms with van der Waals surface area (Å²) in [6, 6.07) is 0. The molecule has 2 aromatic heterocycles. The number of hydrogen-bond acceptors (Lipinski definition) is 7. The Morgan fingerprint density at radius 3 is 2.85 bits per heavy atom. The molecule has 0 radical (unpaired) electrons. The fraction of sp³-hybridized carbons (Fsp3) is 0.545. The van der Waals surface area contributed by atoms with Crippen LogP contribution in [0.2, 0.25) is 0 Å². The van der Waals surface area contributed by atoms with Crippen molar-refractivity contribution in [2.75, 3.05) is 24.6 Å². The van der Waals surface area contributed by atoms with Crippen molar-refractivity contribution in [3.63, 3.8) is 0 Å². The second-order valence-electron chi connectivity index (χ2n) is 5.08. The smallest absolute Gasteiger partial charge is 0.373 e. The summed E-state index contributed by atoms with van der Waals surface area (Å²) in [5.74, 6) is 0.386. The minimum Gasteiger partial charge on any atom is -0.394 e. The molecule has 0 aromatic carbocycles. The van der Waals surface area contributed by atoms with Crippen molar-refractivity contribution >= 4 is 27.9 Å². The molecule has 0 unspecified atom stereocenters. The number of aromatic nitrogens is 2. The molecule has 3 N–H and O–H groups in total. The number of anilines is 1. The van der Waals surface area contributed by atoms with Crippen LogP contribution in [0.1, 0.15) is 12.8 Å². The van der Waals surface area contributed by atoms with Gasteiger partial charge in [0.25, 0.3) is 4.96 Å². The van der Waals surface area contributed by atoms with Crippen LogP contribution >= 0.6 is 11.3 Å². The third kappa shape index (κ3) is 2.03. The van der Waals surface area contributed by atoms with Gasteiger partial charge in [0.15, 0.2) is 0 Å². The quantitative estimate of drug-likeness (QED) is 0.634. The molecule has 1 saturated heterocycles. The first-order valence-electron chi connectivity index (χ1n) is 6.29. The summed E-state index contributed by atoms with van der Waals surface area (Å²) in [4.78, 5) is 17.7. The zero-order valence-electron chi connectivity index (χ0n) is 10.7. The van der Waals surface area contributed by atoms with Crippen molar-refractivity contribution in [2.24, 2.45) is 5.73 Å². The highest BCUT2D eigenvalue weighted by Crippen LogP contribution is 2.33. The Morgan fingerprint density at radius 2 is 2.25 bits per heavy atom. The van der Waals surface area contributed by atoms with E-state index < -0.39 is 10.5 Å². The molecule has 0 bridgehead atoms. The average Bonchev–Trinajstić information content (AvgIpc) is 2.99. The van der Waals surface area contributed by atoms with Gasteiger partial charge in [0.1, 0.15) is 6.20 Å². The number of aliphatic hydroxyl groups is 1. The maximum Gasteiger partial charge on any atom is 0.373 e. The second kappa shape index (κ2) is 4.69. The van der Waals surface area contributed by atoms with Crippen molar-refractivity contribution in [1.82, 2.24) is 9.38 Å². The van der Waals surface area contributed by atoms with Gasteiger partial charge in [0.2, 0.25) is 5.82 Å². The molecular weight excluding hydrogens is 282 g/mol. The highest BCUT2D eigenvalue weighted by molar-refractivity contribution is 7.15. The molecule has 0 atom stereocenters. The number of nitro groups is 1. The number of fused-ring (bicyclic) bond motifs is 1. The number of nitrogens with zero attached hydrogens (tertiary/aromatic N) is 4. The lowest BCUT2D eigenvalue weighted by atomic mass is 9.90. The fourth-order valence-corrected chi connectivity index (χ4v) is 3.17. The van der Waals surface area contributed by atoms with Gasteiger partial charge in [-0.15, -0.1) is 0 Å². The van der Waals surface area contributed by atoms with Crippen molar-refractivity contribution in [3.05, 3.63) is 21.7 Å². The number of piperidine rings is 1. The molecule has 0 saturated carbocycles. The summed E-state index contributed by atoms with van der Waals surface area (Å²) in [5, 5.41) is 22.3. The van der Waals surface area contributed by atoms with Gasteiger partial charge in [-0.05, 0) is 17.8 Å². The van der Waals surface area contributed by atoms with Crippen molar-refractivity contribution in [1.29, 1.82) is 0 Å². The molecule has 1 fully saturated rings. The van der Waals surface area contributed by atoms with E-state index in [4.69, 9.17) is 5.73 Å². The van der Waals surface area contributed by atoms with E-state index in [1.165, 1.54) is 15.7 Å². The lowest BCUT2D eigenvalue weighted by molar-refractivity contribution is -0.389. The van der Waals surface area contributed by atoms with E-state index in [0.717, 1.165) is 0 Å². The zero-order chi connectivity index (χ0) is 14.3. The van der Waals surface area contributed by atoms with E-state index in [9.17, 15) is 15.2 Å². The number of thiazole rings is 1. The molecule has 0 spiro atoms. The minimum absolute atomic E-state index is 0.00484. The molecule has 108 valence electrons. The molecule has 0 aliphatic carbocycles. The molecule has 0 amide bonds. The van der Waals surface area contributed by atoms with Crippen LogP contribution in [0.4, 0.5) is 11.6 Å². The normalized spacial score (nSPS) is 18.6. The first-order chi connectivity index (χ1) is 9.54. The van der Waals surface area contributed by atoms with E-state index in [1.54, 1.807) is 11.6 Å². The third-order valence-electron chi connectivity index (χ3n) is 3.77. The highest BCUT2D eigenvalue weighted by Gasteiger charge is 2.35. The van der Waals surface area contributed by atoms with Crippen LogP contribution in [0.3, 0.4) is 0 Å². The number of rotatable bonds is 3. The summed E-state index contributed by atoms with van der Waals surface area (Å²) in [5.41, 5.74) is 5.44. The van der Waals surface area contributed by atoms with Gasteiger partial charge in [-0.25, -0.2) is 0 Å². The van der Waals surface area contributed by atoms with Crippen LogP contribution < -0.4 is 10.6 Å². The number of hydrogen-bond donors (Lipinski definition) is 2. The summed E-state index contributed by atoms with van der Waals surface area (Å²) < 4.78 is 1.50. The van der Waals surface area contributed by atoms with Crippen LogP contribution in [0.5, 0.6) is 0 Å². The molecule has 3 heterocycles. The molecule has 2 aromatic rings. The Balaban J connectivity index is 1.93. The van der Waals surface area contributed by atoms with Crippen LogP contribution in [0.25, 0.3) is 4.96 Å². The summed E-state index contributed by atoms with van der Waals surface area (Å²) >= 11 is 1.36. The predicted molar refractivity (Wildman–Crippen MR) is 75.2 cm³/mol. The van der Waals surface area contributed by atoms with E-state index in [0.29, 0.717) is 36.7 Å². The summed E-state index contributed by atoms with van der Waals surface area (Å²) in [6.07, 6.45) is 2.83. The van der Waals surface area contributed by atoms with Crippen molar-refractivity contribution in [3.8, 4) is 0 Å². The van der Waals surface area contributed by atoms with Gasteiger partial charge >= 0.3 is 5.82 Å². The van der Waals surface area contributed by atoms with Gasteiger partial charge in [-0.3, -0.25) is 0 Å². The molecule has 1 aliphatic rings. The topological polar surface area (TPSA) is 110 Å². The van der Waals surface area contributed by atoms with Crippen molar-refractivity contribution < 1.29 is 10.0 Å². The third-order valence-corrected chi connectivity index (χ3v) is 4.52. The second-order valence-corrected chi connectivity index (χ2v) is 5.95. The Labute approximate surface area is 118 Å². The fourth-order valence-electron chi connectivity index (χ4n) is 2.47. The van der Waals surface area contributed by atoms with Gasteiger partial charge < -0.3 is 25.9 Å². The lowest BCUT2D eigenvalue weighted by Crippen LogP contribution is -2.53. The highest BCUT2D eigenvalue weighted by atomic mass is 32.1. The Morgan fingerprint density at radius 1 is 1.55 bits per heavy atom. The van der Waals surface area contributed by atoms with E-state index in [-0.39, 0.29) is 12.4 Å². The number of aliphatic hydroxyl groups excluding tert-OH is 1. The number of imidazole rings is 1. The Bertz CT molecular complexity index is 644. The number of nitrogens with two attached hydrogens (primary N) is 1. The molecule has 20 heavy (non-hydrogen) atoms. The average molecular weight is 297 g/mol. The standard InChI is InChI=1S/C11H15N5O3S/c12-11(7-17)1-3-14(4-2-11)8-9(16(18)19)15-5-6-20-10(15)13-8/h5-6,17H,1-4,7,12H2.